The maximum atomic E-state index is 4.92. The standard InChI is InChI=1S/C9H9OS/c1-7-5-3-4-6-8(7)9(11)10-2/h3-6H,2H2,1H3. The lowest BCUT2D eigenvalue weighted by atomic mass is 10.1. The van der Waals surface area contributed by atoms with Crippen molar-refractivity contribution < 1.29 is 4.74 Å². The summed E-state index contributed by atoms with van der Waals surface area (Å²) in [5.74, 6) is 0. The minimum Gasteiger partial charge on any atom is -0.479 e. The topological polar surface area (TPSA) is 9.23 Å². The Labute approximate surface area is 72.0 Å². The molecule has 57 valence electrons. The maximum absolute atomic E-state index is 4.92. The van der Waals surface area contributed by atoms with Gasteiger partial charge in [-0.05, 0) is 24.7 Å². The first kappa shape index (κ1) is 8.21. The molecular weight excluding hydrogens is 156 g/mol. The van der Waals surface area contributed by atoms with E-state index in [9.17, 15) is 0 Å². The van der Waals surface area contributed by atoms with Crippen LogP contribution in [0.4, 0.5) is 0 Å². The van der Waals surface area contributed by atoms with Gasteiger partial charge in [0.25, 0.3) is 0 Å². The van der Waals surface area contributed by atoms with Crippen LogP contribution < -0.4 is 0 Å². The Morgan fingerprint density at radius 1 is 1.45 bits per heavy atom. The number of aryl methyl sites for hydroxylation is 1. The Morgan fingerprint density at radius 2 is 2.09 bits per heavy atom. The highest BCUT2D eigenvalue weighted by molar-refractivity contribution is 7.80. The average Bonchev–Trinajstić information content (AvgIpc) is 2.04. The van der Waals surface area contributed by atoms with E-state index in [0.717, 1.165) is 11.1 Å². The van der Waals surface area contributed by atoms with Crippen LogP contribution in [0.2, 0.25) is 0 Å². The molecule has 0 amide bonds. The van der Waals surface area contributed by atoms with Crippen LogP contribution in [0, 0.1) is 14.0 Å². The van der Waals surface area contributed by atoms with Gasteiger partial charge in [-0.2, -0.15) is 0 Å². The highest BCUT2D eigenvalue weighted by atomic mass is 32.1. The van der Waals surface area contributed by atoms with E-state index < -0.39 is 0 Å². The quantitative estimate of drug-likeness (QED) is 0.591. The smallest absolute Gasteiger partial charge is 0.191 e. The summed E-state index contributed by atoms with van der Waals surface area (Å²) in [6.45, 7) is 1.99. The first-order valence-corrected chi connectivity index (χ1v) is 3.68. The Balaban J connectivity index is 3.03. The van der Waals surface area contributed by atoms with Crippen molar-refractivity contribution >= 4 is 17.3 Å². The fourth-order valence-corrected chi connectivity index (χ4v) is 1.11. The molecule has 11 heavy (non-hydrogen) atoms. The number of ether oxygens (including phenoxy) is 1. The second kappa shape index (κ2) is 3.49. The molecule has 0 atom stereocenters. The number of hydrogen-bond donors (Lipinski definition) is 0. The van der Waals surface area contributed by atoms with Crippen LogP contribution in [-0.2, 0) is 4.74 Å². The molecule has 0 bridgehead atoms. The SMILES string of the molecule is [CH2]OC(=S)c1ccccc1C. The summed E-state index contributed by atoms with van der Waals surface area (Å²) in [6, 6.07) is 7.79. The van der Waals surface area contributed by atoms with E-state index in [-0.39, 0.29) is 0 Å². The number of benzene rings is 1. The van der Waals surface area contributed by atoms with Crippen LogP contribution in [0.3, 0.4) is 0 Å². The van der Waals surface area contributed by atoms with Crippen LogP contribution in [0.5, 0.6) is 0 Å². The lowest BCUT2D eigenvalue weighted by Crippen LogP contribution is -1.99. The Kier molecular flexibility index (Phi) is 2.60. The maximum Gasteiger partial charge on any atom is 0.191 e. The van der Waals surface area contributed by atoms with Crippen LogP contribution >= 0.6 is 12.2 Å². The van der Waals surface area contributed by atoms with Gasteiger partial charge in [-0.25, -0.2) is 0 Å². The van der Waals surface area contributed by atoms with Crippen LogP contribution in [0.1, 0.15) is 11.1 Å². The molecule has 0 saturated heterocycles. The lowest BCUT2D eigenvalue weighted by Gasteiger charge is -2.03. The molecule has 1 radical (unpaired) electrons. The molecule has 0 saturated carbocycles. The van der Waals surface area contributed by atoms with E-state index in [1.807, 2.05) is 31.2 Å². The zero-order valence-electron chi connectivity index (χ0n) is 6.33. The summed E-state index contributed by atoms with van der Waals surface area (Å²) >= 11 is 4.92. The summed E-state index contributed by atoms with van der Waals surface area (Å²) in [7, 11) is 3.26. The summed E-state index contributed by atoms with van der Waals surface area (Å²) in [6.07, 6.45) is 0. The van der Waals surface area contributed by atoms with Gasteiger partial charge in [-0.3, -0.25) is 0 Å². The van der Waals surface area contributed by atoms with Crippen LogP contribution in [-0.4, -0.2) is 5.05 Å². The zero-order valence-corrected chi connectivity index (χ0v) is 7.15. The third kappa shape index (κ3) is 1.77. The van der Waals surface area contributed by atoms with Crippen LogP contribution in [0.25, 0.3) is 0 Å². The second-order valence-corrected chi connectivity index (χ2v) is 2.62. The molecule has 1 nitrogen and oxygen atoms in total. The van der Waals surface area contributed by atoms with Crippen molar-refractivity contribution in [1.29, 1.82) is 0 Å². The molecule has 0 fully saturated rings. The minimum atomic E-state index is 0.447. The molecule has 0 heterocycles. The van der Waals surface area contributed by atoms with Crippen molar-refractivity contribution in [2.24, 2.45) is 0 Å². The van der Waals surface area contributed by atoms with Crippen molar-refractivity contribution in [3.05, 3.63) is 42.5 Å². The fraction of sp³-hybridized carbons (Fsp3) is 0.111. The average molecular weight is 165 g/mol. The summed E-state index contributed by atoms with van der Waals surface area (Å²) in [5, 5.41) is 0.447. The summed E-state index contributed by atoms with van der Waals surface area (Å²) < 4.78 is 4.70. The third-order valence-corrected chi connectivity index (χ3v) is 1.83. The summed E-state index contributed by atoms with van der Waals surface area (Å²) in [4.78, 5) is 0. The second-order valence-electron chi connectivity index (χ2n) is 2.25. The predicted molar refractivity (Wildman–Crippen MR) is 49.3 cm³/mol. The van der Waals surface area contributed by atoms with E-state index in [1.54, 1.807) is 0 Å². The van der Waals surface area contributed by atoms with Crippen molar-refractivity contribution in [2.75, 3.05) is 0 Å². The molecule has 1 rings (SSSR count). The van der Waals surface area contributed by atoms with Gasteiger partial charge in [-0.1, -0.05) is 24.3 Å². The van der Waals surface area contributed by atoms with Crippen molar-refractivity contribution in [3.8, 4) is 0 Å². The lowest BCUT2D eigenvalue weighted by molar-refractivity contribution is 0.477. The largest absolute Gasteiger partial charge is 0.479 e. The van der Waals surface area contributed by atoms with Crippen molar-refractivity contribution in [2.45, 2.75) is 6.92 Å². The summed E-state index contributed by atoms with van der Waals surface area (Å²) in [5.41, 5.74) is 2.05. The number of hydrogen-bond acceptors (Lipinski definition) is 2. The normalized spacial score (nSPS) is 9.27. The fourth-order valence-electron chi connectivity index (χ4n) is 0.880. The van der Waals surface area contributed by atoms with E-state index >= 15 is 0 Å². The molecule has 0 aliphatic rings. The molecule has 0 unspecified atom stereocenters. The monoisotopic (exact) mass is 165 g/mol. The van der Waals surface area contributed by atoms with Gasteiger partial charge in [0, 0.05) is 5.56 Å². The number of rotatable bonds is 1. The first-order valence-electron chi connectivity index (χ1n) is 3.27. The van der Waals surface area contributed by atoms with Gasteiger partial charge in [0.2, 0.25) is 0 Å². The predicted octanol–water partition coefficient (Wildman–Crippen LogP) is 2.48. The number of thiocarbonyl (C=S) groups is 1. The minimum absolute atomic E-state index is 0.447. The molecule has 0 N–H and O–H groups in total. The van der Waals surface area contributed by atoms with E-state index in [1.165, 1.54) is 0 Å². The highest BCUT2D eigenvalue weighted by Crippen LogP contribution is 2.08. The molecule has 0 aromatic heterocycles. The molecule has 0 aliphatic carbocycles. The van der Waals surface area contributed by atoms with Gasteiger partial charge >= 0.3 is 0 Å². The van der Waals surface area contributed by atoms with Crippen molar-refractivity contribution in [1.82, 2.24) is 0 Å². The third-order valence-electron chi connectivity index (χ3n) is 1.50. The molecular formula is C9H9OS. The van der Waals surface area contributed by atoms with Gasteiger partial charge in [0.1, 0.15) is 7.11 Å². The van der Waals surface area contributed by atoms with E-state index in [0.29, 0.717) is 5.05 Å². The van der Waals surface area contributed by atoms with Crippen LogP contribution in [0.15, 0.2) is 24.3 Å². The molecule has 0 aliphatic heterocycles. The van der Waals surface area contributed by atoms with Gasteiger partial charge in [0.15, 0.2) is 5.05 Å². The van der Waals surface area contributed by atoms with E-state index in [4.69, 9.17) is 17.0 Å². The zero-order chi connectivity index (χ0) is 8.27. The molecule has 1 aromatic rings. The Bertz CT molecular complexity index is 268. The molecule has 2 heteroatoms. The molecule has 1 aromatic carbocycles. The van der Waals surface area contributed by atoms with Gasteiger partial charge < -0.3 is 4.74 Å². The Morgan fingerprint density at radius 3 is 2.64 bits per heavy atom. The molecule has 0 spiro atoms. The van der Waals surface area contributed by atoms with Gasteiger partial charge in [0.05, 0.1) is 0 Å². The Hall–Kier alpha value is -0.890. The first-order chi connectivity index (χ1) is 5.25. The highest BCUT2D eigenvalue weighted by Gasteiger charge is 2.01. The van der Waals surface area contributed by atoms with Crippen molar-refractivity contribution in [3.63, 3.8) is 0 Å². The van der Waals surface area contributed by atoms with Gasteiger partial charge in [-0.15, -0.1) is 0 Å². The van der Waals surface area contributed by atoms with E-state index in [2.05, 4.69) is 7.11 Å².